The van der Waals surface area contributed by atoms with Gasteiger partial charge >= 0.3 is 0 Å². The van der Waals surface area contributed by atoms with E-state index in [1.807, 2.05) is 0 Å². The van der Waals surface area contributed by atoms with Crippen molar-refractivity contribution in [3.05, 3.63) is 17.0 Å². The Morgan fingerprint density at radius 2 is 1.89 bits per heavy atom. The molecule has 1 aromatic rings. The Bertz CT molecular complexity index is 372. The first-order valence-corrected chi connectivity index (χ1v) is 7.08. The second-order valence-corrected chi connectivity index (χ2v) is 6.32. The second-order valence-electron chi connectivity index (χ2n) is 6.32. The molecule has 3 heteroatoms. The van der Waals surface area contributed by atoms with Gasteiger partial charge in [0.05, 0.1) is 5.69 Å². The van der Waals surface area contributed by atoms with Gasteiger partial charge in [0.1, 0.15) is 0 Å². The zero-order chi connectivity index (χ0) is 13.8. The largest absolute Gasteiger partial charge is 0.313 e. The lowest BCUT2D eigenvalue weighted by atomic mass is 9.91. The molecular weight excluding hydrogens is 222 g/mol. The minimum atomic E-state index is 0.419. The normalized spacial score (nSPS) is 12.1. The Morgan fingerprint density at radius 3 is 2.44 bits per heavy atom. The number of nitrogens with one attached hydrogen (secondary N) is 1. The van der Waals surface area contributed by atoms with Crippen LogP contribution in [0.25, 0.3) is 0 Å². The molecule has 0 aliphatic rings. The maximum Gasteiger partial charge on any atom is 0.0641 e. The molecule has 104 valence electrons. The van der Waals surface area contributed by atoms with Crippen molar-refractivity contribution in [3.63, 3.8) is 0 Å². The van der Waals surface area contributed by atoms with Crippen LogP contribution in [-0.4, -0.2) is 16.3 Å². The highest BCUT2D eigenvalue weighted by Gasteiger charge is 2.13. The van der Waals surface area contributed by atoms with Gasteiger partial charge in [0.15, 0.2) is 0 Å². The van der Waals surface area contributed by atoms with Gasteiger partial charge in [-0.05, 0) is 38.6 Å². The number of rotatable bonds is 6. The summed E-state index contributed by atoms with van der Waals surface area (Å²) in [5.74, 6) is 0. The summed E-state index contributed by atoms with van der Waals surface area (Å²) in [5.41, 5.74) is 4.28. The van der Waals surface area contributed by atoms with Crippen molar-refractivity contribution in [1.29, 1.82) is 0 Å². The summed E-state index contributed by atoms with van der Waals surface area (Å²) in [4.78, 5) is 0. The van der Waals surface area contributed by atoms with Crippen molar-refractivity contribution in [3.8, 4) is 0 Å². The first-order valence-electron chi connectivity index (χ1n) is 7.08. The molecule has 1 aromatic heterocycles. The maximum absolute atomic E-state index is 4.66. The Kier molecular flexibility index (Phi) is 5.39. The zero-order valence-corrected chi connectivity index (χ0v) is 12.9. The lowest BCUT2D eigenvalue weighted by molar-refractivity contribution is 0.347. The summed E-state index contributed by atoms with van der Waals surface area (Å²) in [7, 11) is 0. The number of hydrogen-bond donors (Lipinski definition) is 1. The Hall–Kier alpha value is -0.830. The Morgan fingerprint density at radius 1 is 1.22 bits per heavy atom. The van der Waals surface area contributed by atoms with Gasteiger partial charge in [0.25, 0.3) is 0 Å². The van der Waals surface area contributed by atoms with Crippen LogP contribution in [0.4, 0.5) is 0 Å². The van der Waals surface area contributed by atoms with Gasteiger partial charge in [-0.15, -0.1) is 0 Å². The van der Waals surface area contributed by atoms with Gasteiger partial charge in [0, 0.05) is 24.3 Å². The van der Waals surface area contributed by atoms with Crippen LogP contribution in [0.3, 0.4) is 0 Å². The minimum Gasteiger partial charge on any atom is -0.313 e. The number of aryl methyl sites for hydroxylation is 2. The summed E-state index contributed by atoms with van der Waals surface area (Å²) in [6.45, 7) is 16.3. The van der Waals surface area contributed by atoms with E-state index in [0.717, 1.165) is 19.6 Å². The lowest BCUT2D eigenvalue weighted by Gasteiger charge is -2.17. The van der Waals surface area contributed by atoms with E-state index in [0.29, 0.717) is 5.41 Å². The summed E-state index contributed by atoms with van der Waals surface area (Å²) in [6, 6.07) is 0. The van der Waals surface area contributed by atoms with Crippen molar-refractivity contribution >= 4 is 0 Å². The quantitative estimate of drug-likeness (QED) is 0.839. The number of nitrogens with zero attached hydrogens (tertiary/aromatic N) is 2. The third-order valence-electron chi connectivity index (χ3n) is 3.38. The second kappa shape index (κ2) is 6.37. The van der Waals surface area contributed by atoms with Crippen molar-refractivity contribution in [2.75, 3.05) is 6.54 Å². The van der Waals surface area contributed by atoms with Gasteiger partial charge in [0.2, 0.25) is 0 Å². The predicted octanol–water partition coefficient (Wildman–Crippen LogP) is 3.44. The molecule has 3 nitrogen and oxygen atoms in total. The van der Waals surface area contributed by atoms with Crippen LogP contribution < -0.4 is 5.32 Å². The number of aromatic nitrogens is 2. The number of hydrogen-bond acceptors (Lipinski definition) is 2. The van der Waals surface area contributed by atoms with Crippen LogP contribution >= 0.6 is 0 Å². The van der Waals surface area contributed by atoms with E-state index in [4.69, 9.17) is 0 Å². The van der Waals surface area contributed by atoms with Gasteiger partial charge in [-0.1, -0.05) is 27.7 Å². The van der Waals surface area contributed by atoms with E-state index in [-0.39, 0.29) is 0 Å². The first-order chi connectivity index (χ1) is 8.35. The van der Waals surface area contributed by atoms with E-state index in [9.17, 15) is 0 Å². The molecule has 0 saturated heterocycles. The van der Waals surface area contributed by atoms with Crippen LogP contribution in [0, 0.1) is 19.3 Å². The third-order valence-corrected chi connectivity index (χ3v) is 3.38. The lowest BCUT2D eigenvalue weighted by Crippen LogP contribution is -2.13. The van der Waals surface area contributed by atoms with Crippen LogP contribution in [0.5, 0.6) is 0 Å². The molecule has 0 aromatic carbocycles. The molecule has 0 spiro atoms. The van der Waals surface area contributed by atoms with Crippen LogP contribution in [0.2, 0.25) is 0 Å². The van der Waals surface area contributed by atoms with E-state index >= 15 is 0 Å². The molecule has 0 unspecified atom stereocenters. The van der Waals surface area contributed by atoms with E-state index in [2.05, 4.69) is 56.6 Å². The molecule has 0 aliphatic heterocycles. The fraction of sp³-hybridized carbons (Fsp3) is 0.800. The molecule has 1 heterocycles. The average Bonchev–Trinajstić information content (AvgIpc) is 2.51. The molecule has 0 saturated carbocycles. The highest BCUT2D eigenvalue weighted by molar-refractivity contribution is 5.24. The first kappa shape index (κ1) is 15.2. The minimum absolute atomic E-state index is 0.419. The SMILES string of the molecule is CCNCc1c(C)nn(CCCC(C)(C)C)c1C. The van der Waals surface area contributed by atoms with E-state index in [1.54, 1.807) is 0 Å². The molecule has 0 bridgehead atoms. The van der Waals surface area contributed by atoms with Gasteiger partial charge in [-0.25, -0.2) is 0 Å². The Labute approximate surface area is 112 Å². The maximum atomic E-state index is 4.66. The zero-order valence-electron chi connectivity index (χ0n) is 12.9. The summed E-state index contributed by atoms with van der Waals surface area (Å²) >= 11 is 0. The molecule has 18 heavy (non-hydrogen) atoms. The smallest absolute Gasteiger partial charge is 0.0641 e. The molecule has 0 fully saturated rings. The van der Waals surface area contributed by atoms with Gasteiger partial charge in [-0.2, -0.15) is 5.10 Å². The monoisotopic (exact) mass is 251 g/mol. The standard InChI is InChI=1S/C15H29N3/c1-7-16-11-14-12(2)17-18(13(14)3)10-8-9-15(4,5)6/h16H,7-11H2,1-6H3. The van der Waals surface area contributed by atoms with Crippen molar-refractivity contribution < 1.29 is 0 Å². The van der Waals surface area contributed by atoms with Crippen molar-refractivity contribution in [2.45, 2.75) is 67.5 Å². The fourth-order valence-corrected chi connectivity index (χ4v) is 2.22. The van der Waals surface area contributed by atoms with Crippen molar-refractivity contribution in [1.82, 2.24) is 15.1 Å². The summed E-state index contributed by atoms with van der Waals surface area (Å²) < 4.78 is 2.17. The van der Waals surface area contributed by atoms with Crippen LogP contribution in [0.15, 0.2) is 0 Å². The molecule has 1 rings (SSSR count). The van der Waals surface area contributed by atoms with Gasteiger partial charge in [-0.3, -0.25) is 4.68 Å². The molecular formula is C15H29N3. The van der Waals surface area contributed by atoms with Crippen LogP contribution in [0.1, 0.15) is 57.5 Å². The summed E-state index contributed by atoms with van der Waals surface area (Å²) in [5, 5.41) is 8.05. The van der Waals surface area contributed by atoms with E-state index < -0.39 is 0 Å². The molecule has 0 atom stereocenters. The highest BCUT2D eigenvalue weighted by Crippen LogP contribution is 2.21. The molecule has 0 aliphatic carbocycles. The average molecular weight is 251 g/mol. The third kappa shape index (κ3) is 4.45. The molecule has 0 amide bonds. The fourth-order valence-electron chi connectivity index (χ4n) is 2.22. The summed E-state index contributed by atoms with van der Waals surface area (Å²) in [6.07, 6.45) is 2.44. The van der Waals surface area contributed by atoms with Gasteiger partial charge < -0.3 is 5.32 Å². The van der Waals surface area contributed by atoms with Crippen molar-refractivity contribution in [2.24, 2.45) is 5.41 Å². The van der Waals surface area contributed by atoms with E-state index in [1.165, 1.54) is 29.8 Å². The predicted molar refractivity (Wildman–Crippen MR) is 77.8 cm³/mol. The molecule has 1 N–H and O–H groups in total. The Balaban J connectivity index is 2.61. The molecule has 0 radical (unpaired) electrons. The topological polar surface area (TPSA) is 29.9 Å². The highest BCUT2D eigenvalue weighted by atomic mass is 15.3. The van der Waals surface area contributed by atoms with Crippen LogP contribution in [-0.2, 0) is 13.1 Å².